The summed E-state index contributed by atoms with van der Waals surface area (Å²) in [6.45, 7) is 0. The lowest BCUT2D eigenvalue weighted by Gasteiger charge is -2.13. The average Bonchev–Trinajstić information content (AvgIpc) is 2.97. The number of hydrogen-bond acceptors (Lipinski definition) is 4. The predicted octanol–water partition coefficient (Wildman–Crippen LogP) is 1.12. The lowest BCUT2D eigenvalue weighted by atomic mass is 10.2. The van der Waals surface area contributed by atoms with E-state index in [4.69, 9.17) is 9.47 Å². The molecule has 116 valence electrons. The highest BCUT2D eigenvalue weighted by atomic mass is 16.5. The smallest absolute Gasteiger partial charge is 0.286 e. The van der Waals surface area contributed by atoms with Crippen LogP contribution in [-0.4, -0.2) is 30.6 Å². The third kappa shape index (κ3) is 3.03. The van der Waals surface area contributed by atoms with Gasteiger partial charge in [-0.3, -0.25) is 20.4 Å². The molecule has 2 N–H and O–H groups in total. The van der Waals surface area contributed by atoms with E-state index in [2.05, 4.69) is 10.9 Å². The van der Waals surface area contributed by atoms with Crippen LogP contribution in [0.4, 0.5) is 0 Å². The zero-order valence-electron chi connectivity index (χ0n) is 12.5. The van der Waals surface area contributed by atoms with Crippen molar-refractivity contribution in [1.82, 2.24) is 15.4 Å². The normalized spacial score (nSPS) is 9.95. The van der Waals surface area contributed by atoms with Crippen molar-refractivity contribution in [2.45, 2.75) is 0 Å². The van der Waals surface area contributed by atoms with Crippen molar-refractivity contribution in [3.8, 4) is 11.5 Å². The highest BCUT2D eigenvalue weighted by Crippen LogP contribution is 2.30. The molecule has 0 unspecified atom stereocenters. The van der Waals surface area contributed by atoms with Gasteiger partial charge in [0.2, 0.25) is 0 Å². The average molecular weight is 303 g/mol. The number of nitrogens with one attached hydrogen (secondary N) is 2. The minimum atomic E-state index is -0.502. The molecule has 2 aromatic rings. The number of rotatable bonds is 4. The van der Waals surface area contributed by atoms with Gasteiger partial charge in [-0.25, -0.2) is 0 Å². The van der Waals surface area contributed by atoms with Crippen LogP contribution in [0.2, 0.25) is 0 Å². The van der Waals surface area contributed by atoms with E-state index in [0.717, 1.165) is 0 Å². The van der Waals surface area contributed by atoms with E-state index in [1.54, 1.807) is 48.1 Å². The number of para-hydroxylation sites is 1. The van der Waals surface area contributed by atoms with Crippen LogP contribution in [0.1, 0.15) is 20.8 Å². The van der Waals surface area contributed by atoms with Gasteiger partial charge in [-0.05, 0) is 24.3 Å². The maximum absolute atomic E-state index is 12.2. The first-order valence-electron chi connectivity index (χ1n) is 6.51. The molecule has 0 aliphatic rings. The molecule has 1 aromatic carbocycles. The first-order chi connectivity index (χ1) is 10.6. The van der Waals surface area contributed by atoms with Gasteiger partial charge >= 0.3 is 0 Å². The van der Waals surface area contributed by atoms with Crippen LogP contribution in [0.3, 0.4) is 0 Å². The van der Waals surface area contributed by atoms with Crippen LogP contribution in [0.25, 0.3) is 0 Å². The number of ether oxygens (including phenoxy) is 2. The van der Waals surface area contributed by atoms with Gasteiger partial charge in [-0.2, -0.15) is 0 Å². The van der Waals surface area contributed by atoms with Gasteiger partial charge in [0.25, 0.3) is 11.8 Å². The van der Waals surface area contributed by atoms with Gasteiger partial charge in [0, 0.05) is 13.2 Å². The summed E-state index contributed by atoms with van der Waals surface area (Å²) in [6.07, 6.45) is 1.74. The Morgan fingerprint density at radius 3 is 2.32 bits per heavy atom. The molecule has 0 saturated heterocycles. The van der Waals surface area contributed by atoms with Gasteiger partial charge in [0.05, 0.1) is 19.8 Å². The standard InChI is InChI=1S/C15H17N3O4/c1-18-9-5-7-11(18)15(20)17-16-14(19)10-6-4-8-12(21-2)13(10)22-3/h4-9H,1-3H3,(H,16,19)(H,17,20). The Kier molecular flexibility index (Phi) is 4.67. The number of aromatic nitrogens is 1. The fourth-order valence-electron chi connectivity index (χ4n) is 2.01. The van der Waals surface area contributed by atoms with Crippen LogP contribution in [0.15, 0.2) is 36.5 Å². The zero-order valence-corrected chi connectivity index (χ0v) is 12.5. The number of methoxy groups -OCH3 is 2. The number of hydrazine groups is 1. The van der Waals surface area contributed by atoms with Crippen molar-refractivity contribution in [2.75, 3.05) is 14.2 Å². The number of amides is 2. The lowest BCUT2D eigenvalue weighted by Crippen LogP contribution is -2.42. The van der Waals surface area contributed by atoms with Crippen LogP contribution in [0.5, 0.6) is 11.5 Å². The quantitative estimate of drug-likeness (QED) is 0.829. The second-order valence-corrected chi connectivity index (χ2v) is 4.45. The Morgan fingerprint density at radius 2 is 1.73 bits per heavy atom. The summed E-state index contributed by atoms with van der Waals surface area (Å²) < 4.78 is 12.0. The fraction of sp³-hybridized carbons (Fsp3) is 0.200. The molecule has 1 aromatic heterocycles. The van der Waals surface area contributed by atoms with Crippen molar-refractivity contribution < 1.29 is 19.1 Å². The zero-order chi connectivity index (χ0) is 16.1. The first-order valence-corrected chi connectivity index (χ1v) is 6.51. The van der Waals surface area contributed by atoms with E-state index in [0.29, 0.717) is 17.2 Å². The van der Waals surface area contributed by atoms with Crippen LogP contribution >= 0.6 is 0 Å². The Hall–Kier alpha value is -2.96. The molecule has 0 atom stereocenters. The first kappa shape index (κ1) is 15.4. The largest absolute Gasteiger partial charge is 0.493 e. The van der Waals surface area contributed by atoms with Crippen molar-refractivity contribution in [3.63, 3.8) is 0 Å². The summed E-state index contributed by atoms with van der Waals surface area (Å²) in [5, 5.41) is 0. The van der Waals surface area contributed by atoms with E-state index in [9.17, 15) is 9.59 Å². The SMILES string of the molecule is COc1cccc(C(=O)NNC(=O)c2cccn2C)c1OC. The van der Waals surface area contributed by atoms with Crippen molar-refractivity contribution in [3.05, 3.63) is 47.8 Å². The van der Waals surface area contributed by atoms with Crippen LogP contribution < -0.4 is 20.3 Å². The Bertz CT molecular complexity index is 694. The number of aryl methyl sites for hydroxylation is 1. The lowest BCUT2D eigenvalue weighted by molar-refractivity contribution is 0.0840. The molecule has 0 saturated carbocycles. The Morgan fingerprint density at radius 1 is 1.00 bits per heavy atom. The molecule has 0 radical (unpaired) electrons. The number of carbonyl (C=O) groups is 2. The topological polar surface area (TPSA) is 81.6 Å². The minimum absolute atomic E-state index is 0.258. The third-order valence-electron chi connectivity index (χ3n) is 3.11. The summed E-state index contributed by atoms with van der Waals surface area (Å²) in [5.41, 5.74) is 5.40. The number of nitrogens with zero attached hydrogens (tertiary/aromatic N) is 1. The van der Waals surface area contributed by atoms with Crippen LogP contribution in [0, 0.1) is 0 Å². The van der Waals surface area contributed by atoms with E-state index in [1.165, 1.54) is 14.2 Å². The molecule has 2 amide bonds. The number of hydrogen-bond donors (Lipinski definition) is 2. The van der Waals surface area contributed by atoms with Gasteiger partial charge in [0.1, 0.15) is 5.69 Å². The molecule has 22 heavy (non-hydrogen) atoms. The maximum Gasteiger partial charge on any atom is 0.286 e. The van der Waals surface area contributed by atoms with E-state index in [1.807, 2.05) is 0 Å². The third-order valence-corrected chi connectivity index (χ3v) is 3.11. The maximum atomic E-state index is 12.2. The Labute approximate surface area is 127 Å². The number of carbonyl (C=O) groups excluding carboxylic acids is 2. The molecule has 0 aliphatic heterocycles. The van der Waals surface area contributed by atoms with E-state index in [-0.39, 0.29) is 5.56 Å². The van der Waals surface area contributed by atoms with Crippen molar-refractivity contribution in [1.29, 1.82) is 0 Å². The van der Waals surface area contributed by atoms with Crippen molar-refractivity contribution in [2.24, 2.45) is 7.05 Å². The highest BCUT2D eigenvalue weighted by Gasteiger charge is 2.17. The Balaban J connectivity index is 2.10. The van der Waals surface area contributed by atoms with E-state index < -0.39 is 11.8 Å². The molecular weight excluding hydrogens is 286 g/mol. The summed E-state index contributed by atoms with van der Waals surface area (Å²) in [6, 6.07) is 8.30. The second-order valence-electron chi connectivity index (χ2n) is 4.45. The van der Waals surface area contributed by atoms with Gasteiger partial charge in [-0.1, -0.05) is 6.07 Å². The fourth-order valence-corrected chi connectivity index (χ4v) is 2.01. The van der Waals surface area contributed by atoms with Crippen LogP contribution in [-0.2, 0) is 7.05 Å². The summed E-state index contributed by atoms with van der Waals surface area (Å²) in [7, 11) is 4.66. The molecule has 0 fully saturated rings. The number of benzene rings is 1. The monoisotopic (exact) mass is 303 g/mol. The summed E-state index contributed by atoms with van der Waals surface area (Å²) in [4.78, 5) is 24.1. The van der Waals surface area contributed by atoms with Gasteiger partial charge in [-0.15, -0.1) is 0 Å². The van der Waals surface area contributed by atoms with Gasteiger partial charge < -0.3 is 14.0 Å². The van der Waals surface area contributed by atoms with Crippen molar-refractivity contribution >= 4 is 11.8 Å². The second kappa shape index (κ2) is 6.66. The molecule has 0 bridgehead atoms. The molecule has 0 aliphatic carbocycles. The molecule has 7 heteroatoms. The predicted molar refractivity (Wildman–Crippen MR) is 79.9 cm³/mol. The minimum Gasteiger partial charge on any atom is -0.493 e. The van der Waals surface area contributed by atoms with Gasteiger partial charge in [0.15, 0.2) is 11.5 Å². The molecule has 7 nitrogen and oxygen atoms in total. The molecular formula is C15H17N3O4. The molecule has 1 heterocycles. The molecule has 2 rings (SSSR count). The molecule has 0 spiro atoms. The summed E-state index contributed by atoms with van der Waals surface area (Å²) in [5.74, 6) is -0.180. The van der Waals surface area contributed by atoms with E-state index >= 15 is 0 Å². The summed E-state index contributed by atoms with van der Waals surface area (Å²) >= 11 is 0. The highest BCUT2D eigenvalue weighted by molar-refractivity contribution is 6.00.